The molecule has 214 valence electrons. The van der Waals surface area contributed by atoms with Gasteiger partial charge in [0.15, 0.2) is 6.29 Å². The van der Waals surface area contributed by atoms with E-state index in [2.05, 4.69) is 156 Å². The van der Waals surface area contributed by atoms with Gasteiger partial charge in [-0.1, -0.05) is 123 Å². The summed E-state index contributed by atoms with van der Waals surface area (Å²) in [6, 6.07) is 42.2. The fourth-order valence-corrected chi connectivity index (χ4v) is 8.09. The summed E-state index contributed by atoms with van der Waals surface area (Å²) in [6.07, 6.45) is 6.83. The van der Waals surface area contributed by atoms with Crippen molar-refractivity contribution in [2.45, 2.75) is 44.4 Å². The second-order valence-corrected chi connectivity index (χ2v) is 12.9. The van der Waals surface area contributed by atoms with Gasteiger partial charge in [-0.15, -0.1) is 0 Å². The van der Waals surface area contributed by atoms with Crippen molar-refractivity contribution in [1.82, 2.24) is 9.88 Å². The van der Waals surface area contributed by atoms with E-state index in [0.29, 0.717) is 0 Å². The van der Waals surface area contributed by atoms with Crippen molar-refractivity contribution in [1.29, 1.82) is 0 Å². The minimum atomic E-state index is -0.127. The van der Waals surface area contributed by atoms with E-state index in [9.17, 15) is 0 Å². The van der Waals surface area contributed by atoms with E-state index >= 15 is 0 Å². The van der Waals surface area contributed by atoms with Crippen LogP contribution in [0, 0.1) is 0 Å². The van der Waals surface area contributed by atoms with Gasteiger partial charge in [-0.2, -0.15) is 0 Å². The second-order valence-electron chi connectivity index (χ2n) is 12.9. The number of nitrogens with one attached hydrogen (secondary N) is 2. The van der Waals surface area contributed by atoms with Crippen molar-refractivity contribution in [3.8, 4) is 11.1 Å². The SMILES string of the molecule is CC1(C)C2=C(CCC=C2)c2c1ccc1c2c2ccccc2n1C1Nc2ccccc2C(c2ccc(-c3ccccc3)cc2)N1. The Labute approximate surface area is 258 Å². The van der Waals surface area contributed by atoms with Crippen LogP contribution in [0.4, 0.5) is 5.69 Å². The van der Waals surface area contributed by atoms with E-state index < -0.39 is 0 Å². The zero-order chi connectivity index (χ0) is 29.4. The Morgan fingerprint density at radius 1 is 0.727 bits per heavy atom. The maximum absolute atomic E-state index is 4.04. The lowest BCUT2D eigenvalue weighted by atomic mass is 9.80. The van der Waals surface area contributed by atoms with Crippen LogP contribution in [0.15, 0.2) is 133 Å². The number of aromatic nitrogens is 1. The van der Waals surface area contributed by atoms with E-state index in [1.807, 2.05) is 0 Å². The Balaban J connectivity index is 1.21. The summed E-state index contributed by atoms with van der Waals surface area (Å²) in [7, 11) is 0. The number of hydrogen-bond acceptors (Lipinski definition) is 2. The first-order valence-electron chi connectivity index (χ1n) is 15.8. The van der Waals surface area contributed by atoms with Crippen LogP contribution in [0.25, 0.3) is 38.5 Å². The van der Waals surface area contributed by atoms with E-state index in [-0.39, 0.29) is 17.7 Å². The molecule has 0 bridgehead atoms. The zero-order valence-electron chi connectivity index (χ0n) is 25.1. The molecule has 2 heterocycles. The lowest BCUT2D eigenvalue weighted by Crippen LogP contribution is -2.40. The van der Waals surface area contributed by atoms with Crippen molar-refractivity contribution in [3.63, 3.8) is 0 Å². The highest BCUT2D eigenvalue weighted by Gasteiger charge is 2.39. The van der Waals surface area contributed by atoms with Crippen LogP contribution in [-0.4, -0.2) is 4.57 Å². The number of fused-ring (bicyclic) bond motifs is 7. The first kappa shape index (κ1) is 25.6. The standard InChI is InChI=1S/C41H35N3/c1-41(2)32-17-9-6-14-29(32)37-33(41)24-25-36-38(37)31-16-8-11-19-35(31)44(36)40-42-34-18-10-7-15-30(34)39(43-40)28-22-20-27(21-23-28)26-12-4-3-5-13-26/h3-5,7-13,15-25,39-40,42-43H,6,14H2,1-2H3. The topological polar surface area (TPSA) is 29.0 Å². The molecule has 2 aliphatic carbocycles. The smallest absolute Gasteiger partial charge is 0.160 e. The number of rotatable bonds is 3. The molecule has 0 saturated heterocycles. The Morgan fingerprint density at radius 2 is 1.48 bits per heavy atom. The van der Waals surface area contributed by atoms with Crippen molar-refractivity contribution in [2.75, 3.05) is 5.32 Å². The lowest BCUT2D eigenvalue weighted by molar-refractivity contribution is 0.417. The number of benzene rings is 5. The normalized spacial score (nSPS) is 20.0. The molecule has 2 atom stereocenters. The molecule has 44 heavy (non-hydrogen) atoms. The van der Waals surface area contributed by atoms with Crippen molar-refractivity contribution >= 4 is 33.1 Å². The first-order chi connectivity index (χ1) is 21.6. The molecule has 0 radical (unpaired) electrons. The van der Waals surface area contributed by atoms with Crippen LogP contribution in [0.2, 0.25) is 0 Å². The minimum Gasteiger partial charge on any atom is -0.352 e. The molecule has 1 aromatic heterocycles. The molecular formula is C41H35N3. The third kappa shape index (κ3) is 3.66. The predicted molar refractivity (Wildman–Crippen MR) is 184 cm³/mol. The summed E-state index contributed by atoms with van der Waals surface area (Å²) >= 11 is 0. The van der Waals surface area contributed by atoms with E-state index in [1.54, 1.807) is 0 Å². The predicted octanol–water partition coefficient (Wildman–Crippen LogP) is 10.1. The summed E-state index contributed by atoms with van der Waals surface area (Å²) < 4.78 is 2.50. The van der Waals surface area contributed by atoms with Gasteiger partial charge in [0, 0.05) is 21.9 Å². The molecule has 2 unspecified atom stereocenters. The van der Waals surface area contributed by atoms with Gasteiger partial charge in [0.05, 0.1) is 17.1 Å². The van der Waals surface area contributed by atoms with Crippen molar-refractivity contribution < 1.29 is 0 Å². The molecule has 9 rings (SSSR count). The number of hydrogen-bond donors (Lipinski definition) is 2. The monoisotopic (exact) mass is 569 g/mol. The lowest BCUT2D eigenvalue weighted by Gasteiger charge is -2.36. The molecule has 0 amide bonds. The summed E-state index contributed by atoms with van der Waals surface area (Å²) in [6.45, 7) is 4.79. The molecule has 0 saturated carbocycles. The van der Waals surface area contributed by atoms with Crippen LogP contribution < -0.4 is 10.6 Å². The second kappa shape index (κ2) is 9.57. The van der Waals surface area contributed by atoms with E-state index in [0.717, 1.165) is 12.8 Å². The average molecular weight is 570 g/mol. The van der Waals surface area contributed by atoms with Gasteiger partial charge < -0.3 is 9.88 Å². The molecular weight excluding hydrogens is 534 g/mol. The Bertz CT molecular complexity index is 2140. The molecule has 3 aliphatic rings. The van der Waals surface area contributed by atoms with Gasteiger partial charge in [0.2, 0.25) is 0 Å². The van der Waals surface area contributed by atoms with Crippen molar-refractivity contribution in [2.24, 2.45) is 0 Å². The molecule has 1 aliphatic heterocycles. The largest absolute Gasteiger partial charge is 0.352 e. The van der Waals surface area contributed by atoms with Gasteiger partial charge in [-0.3, -0.25) is 5.32 Å². The van der Waals surface area contributed by atoms with Gasteiger partial charge in [-0.05, 0) is 75.6 Å². The molecule has 2 N–H and O–H groups in total. The van der Waals surface area contributed by atoms with Gasteiger partial charge in [0.25, 0.3) is 0 Å². The molecule has 5 aromatic carbocycles. The van der Waals surface area contributed by atoms with Crippen molar-refractivity contribution in [3.05, 3.63) is 155 Å². The van der Waals surface area contributed by atoms with Crippen LogP contribution in [0.3, 0.4) is 0 Å². The molecule has 0 fully saturated rings. The highest BCUT2D eigenvalue weighted by molar-refractivity contribution is 6.15. The van der Waals surface area contributed by atoms with Gasteiger partial charge in [-0.25, -0.2) is 0 Å². The van der Waals surface area contributed by atoms with E-state index in [4.69, 9.17) is 0 Å². The Morgan fingerprint density at radius 3 is 2.34 bits per heavy atom. The summed E-state index contributed by atoms with van der Waals surface area (Å²) in [4.78, 5) is 0. The summed E-state index contributed by atoms with van der Waals surface area (Å²) in [5, 5.41) is 10.6. The fourth-order valence-electron chi connectivity index (χ4n) is 8.09. The molecule has 3 nitrogen and oxygen atoms in total. The van der Waals surface area contributed by atoms with Gasteiger partial charge >= 0.3 is 0 Å². The summed E-state index contributed by atoms with van der Waals surface area (Å²) in [5.41, 5.74) is 14.6. The minimum absolute atomic E-state index is 0.0102. The molecule has 6 aromatic rings. The molecule has 0 spiro atoms. The van der Waals surface area contributed by atoms with Gasteiger partial charge in [0.1, 0.15) is 0 Å². The first-order valence-corrected chi connectivity index (χ1v) is 15.8. The van der Waals surface area contributed by atoms with Crippen LogP contribution in [0.5, 0.6) is 0 Å². The number of allylic oxidation sites excluding steroid dienone is 4. The third-order valence-corrected chi connectivity index (χ3v) is 10.2. The maximum atomic E-state index is 4.04. The number of nitrogens with zero attached hydrogens (tertiary/aromatic N) is 1. The highest BCUT2D eigenvalue weighted by atomic mass is 15.3. The number of anilines is 1. The van der Waals surface area contributed by atoms with Crippen LogP contribution >= 0.6 is 0 Å². The van der Waals surface area contributed by atoms with Crippen LogP contribution in [0.1, 0.15) is 61.3 Å². The average Bonchev–Trinajstić information content (AvgIpc) is 3.53. The quantitative estimate of drug-likeness (QED) is 0.222. The molecule has 3 heteroatoms. The third-order valence-electron chi connectivity index (χ3n) is 10.2. The fraction of sp³-hybridized carbons (Fsp3) is 0.171. The van der Waals surface area contributed by atoms with Crippen LogP contribution in [-0.2, 0) is 5.41 Å². The van der Waals surface area contributed by atoms with E-state index in [1.165, 1.54) is 72.0 Å². The zero-order valence-corrected chi connectivity index (χ0v) is 25.1. The Hall–Kier alpha value is -4.86. The summed E-state index contributed by atoms with van der Waals surface area (Å²) in [5.74, 6) is 0. The Kier molecular flexibility index (Phi) is 5.57. The number of para-hydroxylation sites is 2. The highest BCUT2D eigenvalue weighted by Crippen LogP contribution is 2.53. The maximum Gasteiger partial charge on any atom is 0.160 e.